The Kier molecular flexibility index (Phi) is 3.89. The van der Waals surface area contributed by atoms with E-state index in [1.54, 1.807) is 0 Å². The van der Waals surface area contributed by atoms with Crippen LogP contribution in [0.2, 0.25) is 0 Å². The fourth-order valence-corrected chi connectivity index (χ4v) is 3.84. The van der Waals surface area contributed by atoms with Crippen molar-refractivity contribution in [3.05, 3.63) is 11.6 Å². The summed E-state index contributed by atoms with van der Waals surface area (Å²) in [6.07, 6.45) is 4.80. The number of hydrogen-bond donors (Lipinski definition) is 0. The average molecular weight is 252 g/mol. The van der Waals surface area contributed by atoms with Crippen molar-refractivity contribution in [2.45, 2.75) is 72.4 Å². The van der Waals surface area contributed by atoms with Gasteiger partial charge in [0.1, 0.15) is 0 Å². The minimum absolute atomic E-state index is 0.0434. The molecule has 0 unspecified atom stereocenters. The van der Waals surface area contributed by atoms with Crippen molar-refractivity contribution < 1.29 is 9.47 Å². The molecule has 0 aromatic heterocycles. The highest BCUT2D eigenvalue weighted by Crippen LogP contribution is 2.41. The Morgan fingerprint density at radius 1 is 1.22 bits per heavy atom. The molecule has 0 N–H and O–H groups in total. The van der Waals surface area contributed by atoms with Gasteiger partial charge in [-0.2, -0.15) is 0 Å². The van der Waals surface area contributed by atoms with E-state index < -0.39 is 0 Å². The van der Waals surface area contributed by atoms with E-state index in [9.17, 15) is 0 Å². The lowest BCUT2D eigenvalue weighted by atomic mass is 9.74. The van der Waals surface area contributed by atoms with E-state index in [0.717, 1.165) is 6.42 Å². The lowest BCUT2D eigenvalue weighted by Gasteiger charge is -2.46. The molecule has 1 fully saturated rings. The molecule has 104 valence electrons. The van der Waals surface area contributed by atoms with Gasteiger partial charge >= 0.3 is 0 Å². The first kappa shape index (κ1) is 14.1. The molecule has 2 nitrogen and oxygen atoms in total. The third-order valence-electron chi connectivity index (χ3n) is 4.35. The summed E-state index contributed by atoms with van der Waals surface area (Å²) in [5, 5.41) is 0. The molecule has 5 atom stereocenters. The predicted octanol–water partition coefficient (Wildman–Crippen LogP) is 4.15. The highest BCUT2D eigenvalue weighted by molar-refractivity contribution is 5.09. The molecule has 0 radical (unpaired) electrons. The summed E-state index contributed by atoms with van der Waals surface area (Å²) in [4.78, 5) is 0. The van der Waals surface area contributed by atoms with Crippen LogP contribution in [0, 0.1) is 17.8 Å². The van der Waals surface area contributed by atoms with Gasteiger partial charge in [-0.1, -0.05) is 25.5 Å². The van der Waals surface area contributed by atoms with Gasteiger partial charge in [-0.3, -0.25) is 0 Å². The Hall–Kier alpha value is -0.340. The summed E-state index contributed by atoms with van der Waals surface area (Å²) in [6.45, 7) is 13.4. The molecule has 1 aliphatic heterocycles. The second-order valence-electron chi connectivity index (χ2n) is 7.03. The lowest BCUT2D eigenvalue weighted by molar-refractivity contribution is -0.296. The molecule has 0 amide bonds. The SMILES string of the molecule is CC1=C[C@H](C)[C@H]([C@@H]2O[C@@H](C)CC(C)(C)O2)[C@H](C)C1. The van der Waals surface area contributed by atoms with Crippen LogP contribution in [0.5, 0.6) is 0 Å². The zero-order chi connectivity index (χ0) is 13.5. The fraction of sp³-hybridized carbons (Fsp3) is 0.875. The minimum Gasteiger partial charge on any atom is -0.349 e. The Bertz CT molecular complexity index is 332. The summed E-state index contributed by atoms with van der Waals surface area (Å²) < 4.78 is 12.3. The molecule has 0 saturated carbocycles. The maximum absolute atomic E-state index is 6.21. The van der Waals surface area contributed by atoms with Crippen LogP contribution in [-0.4, -0.2) is 18.0 Å². The molecular weight excluding hydrogens is 224 g/mol. The van der Waals surface area contributed by atoms with E-state index >= 15 is 0 Å². The monoisotopic (exact) mass is 252 g/mol. The van der Waals surface area contributed by atoms with Gasteiger partial charge in [0.25, 0.3) is 0 Å². The standard InChI is InChI=1S/C16H28O2/c1-10-7-11(2)14(12(3)8-10)15-17-13(4)9-16(5,6)18-15/h7,11-15H,8-9H2,1-6H3/t11-,12+,13-,14-,15+/m0/s1. The lowest BCUT2D eigenvalue weighted by Crippen LogP contribution is -2.49. The van der Waals surface area contributed by atoms with Crippen molar-refractivity contribution in [1.29, 1.82) is 0 Å². The molecule has 1 aliphatic carbocycles. The van der Waals surface area contributed by atoms with Crippen LogP contribution in [0.15, 0.2) is 11.6 Å². The third kappa shape index (κ3) is 2.97. The van der Waals surface area contributed by atoms with Gasteiger partial charge in [0, 0.05) is 12.3 Å². The van der Waals surface area contributed by atoms with Gasteiger partial charge in [0.2, 0.25) is 0 Å². The summed E-state index contributed by atoms with van der Waals surface area (Å²) >= 11 is 0. The van der Waals surface area contributed by atoms with Crippen LogP contribution in [-0.2, 0) is 9.47 Å². The predicted molar refractivity (Wildman–Crippen MR) is 74.3 cm³/mol. The Labute approximate surface area is 112 Å². The van der Waals surface area contributed by atoms with Crippen LogP contribution < -0.4 is 0 Å². The van der Waals surface area contributed by atoms with Crippen LogP contribution in [0.25, 0.3) is 0 Å². The first-order valence-corrected chi connectivity index (χ1v) is 7.29. The summed E-state index contributed by atoms with van der Waals surface area (Å²) in [5.41, 5.74) is 1.45. The maximum Gasteiger partial charge on any atom is 0.162 e. The fourth-order valence-electron chi connectivity index (χ4n) is 3.84. The van der Waals surface area contributed by atoms with Crippen molar-refractivity contribution in [3.63, 3.8) is 0 Å². The molecular formula is C16H28O2. The van der Waals surface area contributed by atoms with E-state index in [0.29, 0.717) is 23.9 Å². The molecule has 1 saturated heterocycles. The topological polar surface area (TPSA) is 18.5 Å². The number of rotatable bonds is 1. The second kappa shape index (κ2) is 4.97. The smallest absolute Gasteiger partial charge is 0.162 e. The van der Waals surface area contributed by atoms with Gasteiger partial charge in [0.05, 0.1) is 11.7 Å². The number of allylic oxidation sites excluding steroid dienone is 2. The van der Waals surface area contributed by atoms with Gasteiger partial charge in [0.15, 0.2) is 6.29 Å². The van der Waals surface area contributed by atoms with Gasteiger partial charge < -0.3 is 9.47 Å². The third-order valence-corrected chi connectivity index (χ3v) is 4.35. The molecule has 0 spiro atoms. The van der Waals surface area contributed by atoms with Crippen LogP contribution in [0.1, 0.15) is 54.4 Å². The summed E-state index contributed by atoms with van der Waals surface area (Å²) in [7, 11) is 0. The van der Waals surface area contributed by atoms with Crippen molar-refractivity contribution >= 4 is 0 Å². The van der Waals surface area contributed by atoms with E-state index in [-0.39, 0.29) is 11.9 Å². The van der Waals surface area contributed by atoms with Crippen LogP contribution in [0.4, 0.5) is 0 Å². The molecule has 2 aliphatic rings. The van der Waals surface area contributed by atoms with Crippen molar-refractivity contribution in [3.8, 4) is 0 Å². The van der Waals surface area contributed by atoms with Gasteiger partial charge in [-0.05, 0) is 46.0 Å². The summed E-state index contributed by atoms with van der Waals surface area (Å²) in [5.74, 6) is 1.66. The minimum atomic E-state index is -0.0576. The van der Waals surface area contributed by atoms with Crippen molar-refractivity contribution in [1.82, 2.24) is 0 Å². The van der Waals surface area contributed by atoms with E-state index in [4.69, 9.17) is 9.47 Å². The maximum atomic E-state index is 6.21. The Morgan fingerprint density at radius 3 is 2.44 bits per heavy atom. The molecule has 2 rings (SSSR count). The van der Waals surface area contributed by atoms with Crippen molar-refractivity contribution in [2.75, 3.05) is 0 Å². The normalized spacial score (nSPS) is 44.6. The van der Waals surface area contributed by atoms with E-state index in [1.807, 2.05) is 0 Å². The molecule has 0 aromatic carbocycles. The molecule has 0 aromatic rings. The largest absolute Gasteiger partial charge is 0.349 e. The quantitative estimate of drug-likeness (QED) is 0.653. The van der Waals surface area contributed by atoms with Gasteiger partial charge in [-0.25, -0.2) is 0 Å². The highest BCUT2D eigenvalue weighted by atomic mass is 16.7. The molecule has 0 bridgehead atoms. The van der Waals surface area contributed by atoms with Crippen LogP contribution in [0.3, 0.4) is 0 Å². The van der Waals surface area contributed by atoms with Crippen LogP contribution >= 0.6 is 0 Å². The molecule has 2 heteroatoms. The van der Waals surface area contributed by atoms with E-state index in [1.165, 1.54) is 12.0 Å². The van der Waals surface area contributed by atoms with Gasteiger partial charge in [-0.15, -0.1) is 0 Å². The zero-order valence-corrected chi connectivity index (χ0v) is 12.7. The molecule has 18 heavy (non-hydrogen) atoms. The van der Waals surface area contributed by atoms with Crippen molar-refractivity contribution in [2.24, 2.45) is 17.8 Å². The number of hydrogen-bond acceptors (Lipinski definition) is 2. The second-order valence-corrected chi connectivity index (χ2v) is 7.03. The van der Waals surface area contributed by atoms with E-state index in [2.05, 4.69) is 47.6 Å². The Balaban J connectivity index is 2.15. The summed E-state index contributed by atoms with van der Waals surface area (Å²) in [6, 6.07) is 0. The highest BCUT2D eigenvalue weighted by Gasteiger charge is 2.42. The molecule has 1 heterocycles. The first-order chi connectivity index (χ1) is 8.28. The first-order valence-electron chi connectivity index (χ1n) is 7.29. The Morgan fingerprint density at radius 2 is 1.89 bits per heavy atom. The number of ether oxygens (including phenoxy) is 2. The zero-order valence-electron chi connectivity index (χ0n) is 12.7. The average Bonchev–Trinajstić information content (AvgIpc) is 2.11.